The highest BCUT2D eigenvalue weighted by atomic mass is 32.2. The molecule has 162 valence electrons. The van der Waals surface area contributed by atoms with Gasteiger partial charge in [0.2, 0.25) is 5.91 Å². The molecule has 1 amide bonds. The van der Waals surface area contributed by atoms with Crippen molar-refractivity contribution < 1.29 is 4.79 Å². The molecule has 2 aromatic carbocycles. The SMILES string of the molecule is CCC(C)c1ccc(-n2c(SC(C)C(=O)N3CCCC3)nc3ccccc3c2=O)cc1. The Kier molecular flexibility index (Phi) is 6.46. The highest BCUT2D eigenvalue weighted by molar-refractivity contribution is 8.00. The maximum Gasteiger partial charge on any atom is 0.266 e. The van der Waals surface area contributed by atoms with Crippen LogP contribution in [0.25, 0.3) is 16.6 Å². The molecule has 1 fully saturated rings. The van der Waals surface area contributed by atoms with Crippen molar-refractivity contribution in [3.05, 3.63) is 64.4 Å². The van der Waals surface area contributed by atoms with E-state index in [4.69, 9.17) is 4.98 Å². The van der Waals surface area contributed by atoms with Crippen molar-refractivity contribution in [2.75, 3.05) is 13.1 Å². The number of fused-ring (bicyclic) bond motifs is 1. The van der Waals surface area contributed by atoms with Crippen LogP contribution in [0.1, 0.15) is 51.5 Å². The molecule has 1 aliphatic heterocycles. The smallest absolute Gasteiger partial charge is 0.266 e. The lowest BCUT2D eigenvalue weighted by Crippen LogP contribution is -2.34. The summed E-state index contributed by atoms with van der Waals surface area (Å²) in [7, 11) is 0. The van der Waals surface area contributed by atoms with Gasteiger partial charge in [-0.25, -0.2) is 4.98 Å². The van der Waals surface area contributed by atoms with E-state index in [0.29, 0.717) is 22.0 Å². The Hall–Kier alpha value is -2.60. The third-order valence-electron chi connectivity index (χ3n) is 6.13. The Labute approximate surface area is 187 Å². The van der Waals surface area contributed by atoms with Gasteiger partial charge in [-0.15, -0.1) is 0 Å². The zero-order valence-electron chi connectivity index (χ0n) is 18.4. The number of para-hydroxylation sites is 1. The van der Waals surface area contributed by atoms with Gasteiger partial charge >= 0.3 is 0 Å². The van der Waals surface area contributed by atoms with Gasteiger partial charge in [0.05, 0.1) is 21.8 Å². The maximum absolute atomic E-state index is 13.4. The first-order valence-corrected chi connectivity index (χ1v) is 11.9. The van der Waals surface area contributed by atoms with Crippen molar-refractivity contribution >= 4 is 28.6 Å². The van der Waals surface area contributed by atoms with Crippen molar-refractivity contribution in [3.63, 3.8) is 0 Å². The van der Waals surface area contributed by atoms with Crippen LogP contribution < -0.4 is 5.56 Å². The molecule has 0 spiro atoms. The zero-order chi connectivity index (χ0) is 22.0. The van der Waals surface area contributed by atoms with Gasteiger partial charge in [-0.2, -0.15) is 0 Å². The van der Waals surface area contributed by atoms with Gasteiger partial charge in [-0.3, -0.25) is 14.2 Å². The summed E-state index contributed by atoms with van der Waals surface area (Å²) < 4.78 is 1.65. The molecule has 0 bridgehead atoms. The van der Waals surface area contributed by atoms with Crippen molar-refractivity contribution in [1.82, 2.24) is 14.5 Å². The molecule has 0 radical (unpaired) electrons. The minimum atomic E-state index is -0.309. The van der Waals surface area contributed by atoms with Crippen LogP contribution in [0.2, 0.25) is 0 Å². The number of nitrogens with zero attached hydrogens (tertiary/aromatic N) is 3. The minimum absolute atomic E-state index is 0.106. The lowest BCUT2D eigenvalue weighted by atomic mass is 9.98. The second-order valence-electron chi connectivity index (χ2n) is 8.25. The molecule has 2 atom stereocenters. The van der Waals surface area contributed by atoms with Gasteiger partial charge in [0.15, 0.2) is 5.16 Å². The van der Waals surface area contributed by atoms with Crippen LogP contribution in [-0.4, -0.2) is 38.7 Å². The molecular weight excluding hydrogens is 406 g/mol. The fourth-order valence-corrected chi connectivity index (χ4v) is 5.02. The van der Waals surface area contributed by atoms with Crippen molar-refractivity contribution in [2.24, 2.45) is 0 Å². The van der Waals surface area contributed by atoms with E-state index in [1.165, 1.54) is 17.3 Å². The largest absolute Gasteiger partial charge is 0.342 e. The van der Waals surface area contributed by atoms with Crippen LogP contribution >= 0.6 is 11.8 Å². The summed E-state index contributed by atoms with van der Waals surface area (Å²) >= 11 is 1.36. The van der Waals surface area contributed by atoms with Crippen molar-refractivity contribution in [1.29, 1.82) is 0 Å². The lowest BCUT2D eigenvalue weighted by molar-refractivity contribution is -0.129. The highest BCUT2D eigenvalue weighted by Gasteiger charge is 2.26. The van der Waals surface area contributed by atoms with Gasteiger partial charge in [-0.1, -0.05) is 49.9 Å². The van der Waals surface area contributed by atoms with E-state index in [1.54, 1.807) is 4.57 Å². The average Bonchev–Trinajstić information content (AvgIpc) is 3.33. The molecule has 0 N–H and O–H groups in total. The molecule has 4 rings (SSSR count). The first kappa shape index (κ1) is 21.6. The van der Waals surface area contributed by atoms with Crippen LogP contribution in [-0.2, 0) is 4.79 Å². The van der Waals surface area contributed by atoms with Gasteiger partial charge in [0.1, 0.15) is 0 Å². The maximum atomic E-state index is 13.4. The van der Waals surface area contributed by atoms with Crippen LogP contribution in [0, 0.1) is 0 Å². The number of aromatic nitrogens is 2. The fraction of sp³-hybridized carbons (Fsp3) is 0.400. The Morgan fingerprint density at radius 2 is 1.74 bits per heavy atom. The molecule has 31 heavy (non-hydrogen) atoms. The third kappa shape index (κ3) is 4.40. The number of likely N-dealkylation sites (tertiary alicyclic amines) is 1. The normalized spacial score (nSPS) is 15.9. The topological polar surface area (TPSA) is 55.2 Å². The fourth-order valence-electron chi connectivity index (χ4n) is 4.01. The molecular formula is C25H29N3O2S. The number of amides is 1. The first-order valence-electron chi connectivity index (χ1n) is 11.1. The number of hydrogen-bond donors (Lipinski definition) is 0. The molecule has 2 unspecified atom stereocenters. The summed E-state index contributed by atoms with van der Waals surface area (Å²) in [5, 5.41) is 0.827. The second kappa shape index (κ2) is 9.27. The lowest BCUT2D eigenvalue weighted by Gasteiger charge is -2.21. The van der Waals surface area contributed by atoms with E-state index in [9.17, 15) is 9.59 Å². The molecule has 6 heteroatoms. The Bertz CT molecular complexity index is 1130. The van der Waals surface area contributed by atoms with E-state index in [-0.39, 0.29) is 16.7 Å². The number of carbonyl (C=O) groups is 1. The number of rotatable bonds is 6. The molecule has 0 aliphatic carbocycles. The Morgan fingerprint density at radius 3 is 2.42 bits per heavy atom. The van der Waals surface area contributed by atoms with Gasteiger partial charge in [0.25, 0.3) is 5.56 Å². The Morgan fingerprint density at radius 1 is 1.06 bits per heavy atom. The molecule has 2 heterocycles. The van der Waals surface area contributed by atoms with Crippen molar-refractivity contribution in [2.45, 2.75) is 56.4 Å². The van der Waals surface area contributed by atoms with Crippen LogP contribution in [0.3, 0.4) is 0 Å². The van der Waals surface area contributed by atoms with E-state index >= 15 is 0 Å². The molecule has 0 saturated carbocycles. The first-order chi connectivity index (χ1) is 15.0. The number of thioether (sulfide) groups is 1. The Balaban J connectivity index is 1.76. The number of hydrogen-bond acceptors (Lipinski definition) is 4. The second-order valence-corrected chi connectivity index (χ2v) is 9.55. The summed E-state index contributed by atoms with van der Waals surface area (Å²) in [6, 6.07) is 15.5. The predicted octanol–water partition coefficient (Wildman–Crippen LogP) is 5.00. The molecule has 3 aromatic rings. The van der Waals surface area contributed by atoms with Crippen molar-refractivity contribution in [3.8, 4) is 5.69 Å². The molecule has 5 nitrogen and oxygen atoms in total. The summed E-state index contributed by atoms with van der Waals surface area (Å²) in [5.41, 5.74) is 2.58. The minimum Gasteiger partial charge on any atom is -0.342 e. The van der Waals surface area contributed by atoms with Gasteiger partial charge in [0, 0.05) is 13.1 Å². The van der Waals surface area contributed by atoms with E-state index in [2.05, 4.69) is 26.0 Å². The summed E-state index contributed by atoms with van der Waals surface area (Å²) in [5.74, 6) is 0.580. The molecule has 1 aromatic heterocycles. The van der Waals surface area contributed by atoms with Gasteiger partial charge in [-0.05, 0) is 61.9 Å². The summed E-state index contributed by atoms with van der Waals surface area (Å²) in [6.45, 7) is 7.91. The van der Waals surface area contributed by atoms with Crippen LogP contribution in [0.15, 0.2) is 58.5 Å². The highest BCUT2D eigenvalue weighted by Crippen LogP contribution is 2.28. The monoisotopic (exact) mass is 435 g/mol. The average molecular weight is 436 g/mol. The van der Waals surface area contributed by atoms with E-state index < -0.39 is 0 Å². The zero-order valence-corrected chi connectivity index (χ0v) is 19.2. The molecule has 1 aliphatic rings. The van der Waals surface area contributed by atoms with E-state index in [0.717, 1.165) is 38.0 Å². The predicted molar refractivity (Wildman–Crippen MR) is 127 cm³/mol. The summed E-state index contributed by atoms with van der Waals surface area (Å²) in [6.07, 6.45) is 3.18. The van der Waals surface area contributed by atoms with E-state index in [1.807, 2.05) is 48.2 Å². The quantitative estimate of drug-likeness (QED) is 0.404. The van der Waals surface area contributed by atoms with Crippen LogP contribution in [0.4, 0.5) is 0 Å². The van der Waals surface area contributed by atoms with Crippen LogP contribution in [0.5, 0.6) is 0 Å². The number of benzene rings is 2. The van der Waals surface area contributed by atoms with Gasteiger partial charge < -0.3 is 4.90 Å². The molecule has 1 saturated heterocycles. The standard InChI is InChI=1S/C25H29N3O2S/c1-4-17(2)19-11-13-20(14-12-19)28-24(30)21-9-5-6-10-22(21)26-25(28)31-18(3)23(29)27-15-7-8-16-27/h5-6,9-14,17-18H,4,7-8,15-16H2,1-3H3. The third-order valence-corrected chi connectivity index (χ3v) is 7.17. The number of carbonyl (C=O) groups excluding carboxylic acids is 1. The summed E-state index contributed by atoms with van der Waals surface area (Å²) in [4.78, 5) is 33.0.